The van der Waals surface area contributed by atoms with Crippen molar-refractivity contribution in [2.45, 2.75) is 245 Å². The van der Waals surface area contributed by atoms with E-state index in [9.17, 15) is 14.7 Å². The van der Waals surface area contributed by atoms with Crippen molar-refractivity contribution in [3.8, 4) is 0 Å². The number of unbranched alkanes of at least 4 members (excludes halogenated alkanes) is 20. The topological polar surface area (TPSA) is 107 Å². The van der Waals surface area contributed by atoms with Gasteiger partial charge in [-0.25, -0.2) is 0 Å². The van der Waals surface area contributed by atoms with Crippen LogP contribution in [0.25, 0.3) is 0 Å². The molecule has 57 heavy (non-hydrogen) atoms. The summed E-state index contributed by atoms with van der Waals surface area (Å²) in [5.41, 5.74) is 0.817. The first kappa shape index (κ1) is 52.8. The molecule has 1 heterocycles. The molecule has 0 amide bonds. The van der Waals surface area contributed by atoms with Crippen LogP contribution < -0.4 is 0 Å². The fourth-order valence-electron chi connectivity index (χ4n) is 7.36. The molecule has 0 saturated heterocycles. The van der Waals surface area contributed by atoms with Crippen molar-refractivity contribution < 1.29 is 24.2 Å². The van der Waals surface area contributed by atoms with Crippen LogP contribution in [0.3, 0.4) is 0 Å². The lowest BCUT2D eigenvalue weighted by Gasteiger charge is -2.22. The first-order valence-corrected chi connectivity index (χ1v) is 24.2. The fraction of sp³-hybridized carbons (Fsp3) is 0.875. The fourth-order valence-corrected chi connectivity index (χ4v) is 7.36. The molecule has 1 rings (SSSR count). The number of nitrogens with zero attached hydrogens (tertiary/aromatic N) is 4. The van der Waals surface area contributed by atoms with E-state index >= 15 is 0 Å². The molecule has 1 N–H and O–H groups in total. The Labute approximate surface area is 350 Å². The Hall–Kier alpha value is -2.26. The number of carbonyl (C=O) groups excluding carboxylic acids is 2. The average molecular weight is 803 g/mol. The van der Waals surface area contributed by atoms with Gasteiger partial charge in [-0.1, -0.05) is 141 Å². The molecule has 0 aliphatic heterocycles. The monoisotopic (exact) mass is 803 g/mol. The van der Waals surface area contributed by atoms with Gasteiger partial charge in [-0.3, -0.25) is 14.3 Å². The molecule has 0 saturated carbocycles. The van der Waals surface area contributed by atoms with Gasteiger partial charge in [-0.2, -0.15) is 0 Å². The molecular formula is C48H90N4O5. The molecule has 1 unspecified atom stereocenters. The zero-order chi connectivity index (χ0) is 41.4. The van der Waals surface area contributed by atoms with Crippen molar-refractivity contribution in [2.75, 3.05) is 26.2 Å². The van der Waals surface area contributed by atoms with Gasteiger partial charge in [0.15, 0.2) is 0 Å². The highest BCUT2D eigenvalue weighted by molar-refractivity contribution is 5.69. The van der Waals surface area contributed by atoms with Crippen molar-refractivity contribution in [3.05, 3.63) is 24.0 Å². The summed E-state index contributed by atoms with van der Waals surface area (Å²) in [5.74, 6) is -0.0746. The lowest BCUT2D eigenvalue weighted by atomic mass is 10.0. The summed E-state index contributed by atoms with van der Waals surface area (Å²) in [7, 11) is 0. The minimum atomic E-state index is -0.432. The molecule has 332 valence electrons. The zero-order valence-electron chi connectivity index (χ0n) is 37.7. The first-order valence-electron chi connectivity index (χ1n) is 24.2. The van der Waals surface area contributed by atoms with E-state index in [-0.39, 0.29) is 18.0 Å². The van der Waals surface area contributed by atoms with Crippen LogP contribution in [0.5, 0.6) is 0 Å². The molecule has 0 aliphatic rings. The Bertz CT molecular complexity index is 1060. The Morgan fingerprint density at radius 3 is 1.79 bits per heavy atom. The number of ether oxygens (including phenoxy) is 2. The normalized spacial score (nSPS) is 12.3. The molecule has 1 atom stereocenters. The van der Waals surface area contributed by atoms with Crippen molar-refractivity contribution >= 4 is 11.9 Å². The molecule has 9 heteroatoms. The van der Waals surface area contributed by atoms with Gasteiger partial charge in [-0.05, 0) is 97.1 Å². The zero-order valence-corrected chi connectivity index (χ0v) is 37.7. The third-order valence-corrected chi connectivity index (χ3v) is 10.9. The maximum Gasteiger partial charge on any atom is 0.306 e. The van der Waals surface area contributed by atoms with Crippen LogP contribution in [0.1, 0.15) is 226 Å². The average Bonchev–Trinajstić information content (AvgIpc) is 3.64. The predicted octanol–water partition coefficient (Wildman–Crippen LogP) is 12.3. The Morgan fingerprint density at radius 2 is 1.18 bits per heavy atom. The van der Waals surface area contributed by atoms with Crippen LogP contribution in [0, 0.1) is 0 Å². The lowest BCUT2D eigenvalue weighted by molar-refractivity contribution is -0.150. The van der Waals surface area contributed by atoms with Crippen molar-refractivity contribution in [1.82, 2.24) is 19.9 Å². The molecular weight excluding hydrogens is 713 g/mol. The van der Waals surface area contributed by atoms with Gasteiger partial charge in [0, 0.05) is 32.0 Å². The highest BCUT2D eigenvalue weighted by Crippen LogP contribution is 2.18. The summed E-state index contributed by atoms with van der Waals surface area (Å²) in [6, 6.07) is 0. The van der Waals surface area contributed by atoms with E-state index in [1.54, 1.807) is 6.92 Å². The Balaban J connectivity index is 2.39. The van der Waals surface area contributed by atoms with Gasteiger partial charge in [0.2, 0.25) is 0 Å². The summed E-state index contributed by atoms with van der Waals surface area (Å²) in [6.45, 7) is 12.7. The second-order valence-electron chi connectivity index (χ2n) is 16.8. The number of aliphatic hydroxyl groups excluding tert-OH is 1. The molecule has 9 nitrogen and oxygen atoms in total. The maximum atomic E-state index is 12.8. The van der Waals surface area contributed by atoms with Gasteiger partial charge in [0.05, 0.1) is 24.9 Å². The first-order chi connectivity index (χ1) is 27.9. The van der Waals surface area contributed by atoms with E-state index in [0.29, 0.717) is 25.9 Å². The highest BCUT2D eigenvalue weighted by atomic mass is 16.5. The van der Waals surface area contributed by atoms with E-state index in [2.05, 4.69) is 48.1 Å². The standard InChI is InChI=1S/C48H90N4O5/c1-5-8-11-14-17-18-24-32-41-56-47(54)35-29-25-31-38-51(39-40-52-43-45(49-50-52)42-44(4)53)37-30-23-19-22-28-36-48(55)57-46(33-26-20-15-12-9-6-2)34-27-21-16-13-10-7-3/h17-18,43-44,46,53H,5-16,19-42H2,1-4H3/b18-17-. The van der Waals surface area contributed by atoms with E-state index < -0.39 is 6.10 Å². The molecule has 1 aromatic heterocycles. The molecule has 0 aliphatic carbocycles. The van der Waals surface area contributed by atoms with Crippen molar-refractivity contribution in [2.24, 2.45) is 0 Å². The summed E-state index contributed by atoms with van der Waals surface area (Å²) >= 11 is 0. The summed E-state index contributed by atoms with van der Waals surface area (Å²) in [5, 5.41) is 18.2. The SMILES string of the molecule is CCCCC/C=C\CCCOC(=O)CCCCCN(CCCCCCCC(=O)OC(CCCCCCCC)CCCCCCCC)CCn1cc(CC(C)O)nn1. The molecule has 0 radical (unpaired) electrons. The lowest BCUT2D eigenvalue weighted by Crippen LogP contribution is -2.30. The van der Waals surface area contributed by atoms with Gasteiger partial charge in [-0.15, -0.1) is 5.10 Å². The Morgan fingerprint density at radius 1 is 0.667 bits per heavy atom. The largest absolute Gasteiger partial charge is 0.466 e. The molecule has 0 bridgehead atoms. The van der Waals surface area contributed by atoms with E-state index in [1.165, 1.54) is 96.3 Å². The highest BCUT2D eigenvalue weighted by Gasteiger charge is 2.15. The second-order valence-corrected chi connectivity index (χ2v) is 16.8. The summed E-state index contributed by atoms with van der Waals surface area (Å²) in [6.07, 6.45) is 40.0. The molecule has 1 aromatic rings. The van der Waals surface area contributed by atoms with Gasteiger partial charge < -0.3 is 19.5 Å². The van der Waals surface area contributed by atoms with Crippen LogP contribution in [-0.4, -0.2) is 75.4 Å². The van der Waals surface area contributed by atoms with Crippen molar-refractivity contribution in [3.63, 3.8) is 0 Å². The number of allylic oxidation sites excluding steroid dienone is 2. The Kier molecular flexibility index (Phi) is 36.3. The van der Waals surface area contributed by atoms with Crippen LogP contribution >= 0.6 is 0 Å². The number of carbonyl (C=O) groups is 2. The van der Waals surface area contributed by atoms with Crippen LogP contribution in [-0.2, 0) is 32.0 Å². The van der Waals surface area contributed by atoms with Gasteiger partial charge in [0.25, 0.3) is 0 Å². The molecule has 0 aromatic carbocycles. The quantitative estimate of drug-likeness (QED) is 0.0396. The number of esters is 2. The smallest absolute Gasteiger partial charge is 0.306 e. The number of hydrogen-bond donors (Lipinski definition) is 1. The number of aromatic nitrogens is 3. The van der Waals surface area contributed by atoms with E-state index in [0.717, 1.165) is 115 Å². The number of rotatable bonds is 42. The third kappa shape index (κ3) is 34.3. The van der Waals surface area contributed by atoms with Crippen LogP contribution in [0.4, 0.5) is 0 Å². The maximum absolute atomic E-state index is 12.8. The minimum Gasteiger partial charge on any atom is -0.466 e. The molecule has 0 spiro atoms. The van der Waals surface area contributed by atoms with Gasteiger partial charge in [0.1, 0.15) is 6.10 Å². The van der Waals surface area contributed by atoms with Gasteiger partial charge >= 0.3 is 11.9 Å². The summed E-state index contributed by atoms with van der Waals surface area (Å²) in [4.78, 5) is 27.6. The minimum absolute atomic E-state index is 0.00189. The van der Waals surface area contributed by atoms with Crippen molar-refractivity contribution in [1.29, 1.82) is 0 Å². The second kappa shape index (κ2) is 39.2. The number of hydrogen-bond acceptors (Lipinski definition) is 8. The number of aliphatic hydroxyl groups is 1. The molecule has 0 fully saturated rings. The summed E-state index contributed by atoms with van der Waals surface area (Å²) < 4.78 is 13.4. The van der Waals surface area contributed by atoms with E-state index in [1.807, 2.05) is 10.9 Å². The van der Waals surface area contributed by atoms with E-state index in [4.69, 9.17) is 9.47 Å². The van der Waals surface area contributed by atoms with Crippen LogP contribution in [0.15, 0.2) is 18.3 Å². The van der Waals surface area contributed by atoms with Crippen LogP contribution in [0.2, 0.25) is 0 Å². The third-order valence-electron chi connectivity index (χ3n) is 10.9. The predicted molar refractivity (Wildman–Crippen MR) is 237 cm³/mol.